The molecular weight excluding hydrogens is 374 g/mol. The predicted octanol–water partition coefficient (Wildman–Crippen LogP) is 2.15. The molecule has 1 amide bonds. The molecule has 3 heterocycles. The lowest BCUT2D eigenvalue weighted by atomic mass is 9.88. The Bertz CT molecular complexity index is 687. The largest absolute Gasteiger partial charge is 0.497 e. The molecule has 28 heavy (non-hydrogen) atoms. The zero-order chi connectivity index (χ0) is 19.5. The molecule has 0 aromatic heterocycles. The van der Waals surface area contributed by atoms with Gasteiger partial charge in [0.25, 0.3) is 0 Å². The summed E-state index contributed by atoms with van der Waals surface area (Å²) in [5.41, 5.74) is 1.28. The van der Waals surface area contributed by atoms with Gasteiger partial charge in [-0.3, -0.25) is 9.69 Å². The first-order valence-corrected chi connectivity index (χ1v) is 11.4. The zero-order valence-corrected chi connectivity index (χ0v) is 17.7. The summed E-state index contributed by atoms with van der Waals surface area (Å²) in [4.78, 5) is 17.2. The number of thioether (sulfide) groups is 1. The second-order valence-corrected chi connectivity index (χ2v) is 8.98. The van der Waals surface area contributed by atoms with Gasteiger partial charge in [-0.1, -0.05) is 6.07 Å². The molecule has 3 fully saturated rings. The summed E-state index contributed by atoms with van der Waals surface area (Å²) in [6, 6.07) is 6.64. The standard InChI is InChI=1S/C21H31N3O3S/c1-26-17-3-4-18(20(12-17)27-2)15-5-7-23(8-6-15)16-11-19(22-13-16)21(25)24-9-10-28-14-24/h3-4,12,15-16,19,22H,5-11,13-14H2,1-2H3/t16-,19-/m0/s1. The fraction of sp³-hybridized carbons (Fsp3) is 0.667. The molecule has 3 saturated heterocycles. The molecular formula is C21H31N3O3S. The first kappa shape index (κ1) is 19.9. The smallest absolute Gasteiger partial charge is 0.240 e. The van der Waals surface area contributed by atoms with Crippen molar-refractivity contribution in [1.29, 1.82) is 0 Å². The molecule has 154 valence electrons. The predicted molar refractivity (Wildman–Crippen MR) is 112 cm³/mol. The number of nitrogens with zero attached hydrogens (tertiary/aromatic N) is 2. The molecule has 0 spiro atoms. The number of hydrogen-bond donors (Lipinski definition) is 1. The van der Waals surface area contributed by atoms with Crippen LogP contribution in [0.4, 0.5) is 0 Å². The van der Waals surface area contributed by atoms with Crippen molar-refractivity contribution in [3.63, 3.8) is 0 Å². The van der Waals surface area contributed by atoms with Gasteiger partial charge in [0.05, 0.1) is 26.1 Å². The Morgan fingerprint density at radius 3 is 2.68 bits per heavy atom. The van der Waals surface area contributed by atoms with Crippen LogP contribution in [0.3, 0.4) is 0 Å². The molecule has 1 N–H and O–H groups in total. The molecule has 0 aliphatic carbocycles. The lowest BCUT2D eigenvalue weighted by Gasteiger charge is -2.36. The monoisotopic (exact) mass is 405 g/mol. The van der Waals surface area contributed by atoms with E-state index in [1.54, 1.807) is 14.2 Å². The number of methoxy groups -OCH3 is 2. The van der Waals surface area contributed by atoms with Gasteiger partial charge in [0.15, 0.2) is 0 Å². The summed E-state index contributed by atoms with van der Waals surface area (Å²) in [5, 5.41) is 3.48. The Morgan fingerprint density at radius 1 is 1.18 bits per heavy atom. The molecule has 1 aromatic rings. The van der Waals surface area contributed by atoms with E-state index in [4.69, 9.17) is 9.47 Å². The highest BCUT2D eigenvalue weighted by Crippen LogP contribution is 2.37. The van der Waals surface area contributed by atoms with Crippen LogP contribution in [0.15, 0.2) is 18.2 Å². The maximum absolute atomic E-state index is 12.6. The molecule has 3 aliphatic heterocycles. The topological polar surface area (TPSA) is 54.0 Å². The molecule has 3 aliphatic rings. The van der Waals surface area contributed by atoms with Gasteiger partial charge in [-0.2, -0.15) is 0 Å². The minimum Gasteiger partial charge on any atom is -0.497 e. The van der Waals surface area contributed by atoms with Crippen molar-refractivity contribution in [3.8, 4) is 11.5 Å². The second kappa shape index (κ2) is 8.93. The highest BCUT2D eigenvalue weighted by molar-refractivity contribution is 7.99. The van der Waals surface area contributed by atoms with E-state index in [2.05, 4.69) is 16.3 Å². The SMILES string of the molecule is COc1ccc(C2CCN([C@@H]3CN[C@H](C(=O)N4CCSC4)C3)CC2)c(OC)c1. The van der Waals surface area contributed by atoms with Gasteiger partial charge in [0, 0.05) is 31.0 Å². The fourth-order valence-electron chi connectivity index (χ4n) is 4.72. The lowest BCUT2D eigenvalue weighted by molar-refractivity contribution is -0.131. The van der Waals surface area contributed by atoms with E-state index in [0.29, 0.717) is 17.9 Å². The quantitative estimate of drug-likeness (QED) is 0.810. The van der Waals surface area contributed by atoms with Crippen LogP contribution in [0.25, 0.3) is 0 Å². The van der Waals surface area contributed by atoms with Crippen LogP contribution < -0.4 is 14.8 Å². The Hall–Kier alpha value is -1.44. The normalized spacial score (nSPS) is 26.6. The minimum absolute atomic E-state index is 0.00288. The second-order valence-electron chi connectivity index (χ2n) is 7.91. The summed E-state index contributed by atoms with van der Waals surface area (Å²) < 4.78 is 10.9. The first-order valence-electron chi connectivity index (χ1n) is 10.3. The van der Waals surface area contributed by atoms with Crippen molar-refractivity contribution in [2.45, 2.75) is 37.3 Å². The van der Waals surface area contributed by atoms with Gasteiger partial charge in [0.2, 0.25) is 5.91 Å². The average molecular weight is 406 g/mol. The molecule has 0 unspecified atom stereocenters. The highest BCUT2D eigenvalue weighted by atomic mass is 32.2. The van der Waals surface area contributed by atoms with Crippen molar-refractivity contribution < 1.29 is 14.3 Å². The molecule has 7 heteroatoms. The highest BCUT2D eigenvalue weighted by Gasteiger charge is 2.37. The molecule has 2 atom stereocenters. The van der Waals surface area contributed by atoms with Crippen molar-refractivity contribution in [2.24, 2.45) is 0 Å². The number of nitrogens with one attached hydrogen (secondary N) is 1. The Labute approximate surface area is 171 Å². The van der Waals surface area contributed by atoms with Crippen LogP contribution in [0.5, 0.6) is 11.5 Å². The fourth-order valence-corrected chi connectivity index (χ4v) is 5.68. The van der Waals surface area contributed by atoms with E-state index in [1.165, 1.54) is 5.56 Å². The average Bonchev–Trinajstić information content (AvgIpc) is 3.45. The maximum Gasteiger partial charge on any atom is 0.240 e. The summed E-state index contributed by atoms with van der Waals surface area (Å²) >= 11 is 1.85. The summed E-state index contributed by atoms with van der Waals surface area (Å²) in [5.74, 6) is 4.51. The van der Waals surface area contributed by atoms with Gasteiger partial charge in [-0.05, 0) is 49.9 Å². The number of hydrogen-bond acceptors (Lipinski definition) is 6. The number of rotatable bonds is 5. The lowest BCUT2D eigenvalue weighted by Crippen LogP contribution is -2.42. The minimum atomic E-state index is 0.00288. The third-order valence-electron chi connectivity index (χ3n) is 6.40. The van der Waals surface area contributed by atoms with Crippen LogP contribution in [-0.2, 0) is 4.79 Å². The third-order valence-corrected chi connectivity index (χ3v) is 7.36. The first-order chi connectivity index (χ1) is 13.7. The van der Waals surface area contributed by atoms with E-state index >= 15 is 0 Å². The van der Waals surface area contributed by atoms with E-state index < -0.39 is 0 Å². The van der Waals surface area contributed by atoms with Gasteiger partial charge in [-0.25, -0.2) is 0 Å². The number of benzene rings is 1. The van der Waals surface area contributed by atoms with E-state index in [9.17, 15) is 4.79 Å². The van der Waals surface area contributed by atoms with Gasteiger partial charge >= 0.3 is 0 Å². The van der Waals surface area contributed by atoms with E-state index in [0.717, 1.165) is 68.6 Å². The molecule has 4 rings (SSSR count). The van der Waals surface area contributed by atoms with E-state index in [1.807, 2.05) is 28.8 Å². The molecule has 0 bridgehead atoms. The van der Waals surface area contributed by atoms with Crippen molar-refractivity contribution in [1.82, 2.24) is 15.1 Å². The maximum atomic E-state index is 12.6. The van der Waals surface area contributed by atoms with E-state index in [-0.39, 0.29) is 6.04 Å². The van der Waals surface area contributed by atoms with Gasteiger partial charge in [0.1, 0.15) is 11.5 Å². The molecule has 0 saturated carbocycles. The van der Waals surface area contributed by atoms with Gasteiger partial charge < -0.3 is 19.7 Å². The number of ether oxygens (including phenoxy) is 2. The number of likely N-dealkylation sites (tertiary alicyclic amines) is 1. The van der Waals surface area contributed by atoms with Crippen LogP contribution in [0.1, 0.15) is 30.7 Å². The number of carbonyl (C=O) groups is 1. The van der Waals surface area contributed by atoms with Crippen LogP contribution in [0.2, 0.25) is 0 Å². The zero-order valence-electron chi connectivity index (χ0n) is 16.9. The summed E-state index contributed by atoms with van der Waals surface area (Å²) in [7, 11) is 3.41. The Balaban J connectivity index is 1.32. The Kier molecular flexibility index (Phi) is 6.33. The molecule has 1 aromatic carbocycles. The van der Waals surface area contributed by atoms with Crippen molar-refractivity contribution in [2.75, 3.05) is 52.0 Å². The summed E-state index contributed by atoms with van der Waals surface area (Å²) in [6.45, 7) is 3.98. The van der Waals surface area contributed by atoms with Crippen molar-refractivity contribution >= 4 is 17.7 Å². The van der Waals surface area contributed by atoms with Gasteiger partial charge in [-0.15, -0.1) is 11.8 Å². The Morgan fingerprint density at radius 2 is 2.00 bits per heavy atom. The molecule has 0 radical (unpaired) electrons. The van der Waals surface area contributed by atoms with Crippen LogP contribution >= 0.6 is 11.8 Å². The van der Waals surface area contributed by atoms with Crippen LogP contribution in [0, 0.1) is 0 Å². The number of piperidine rings is 1. The third kappa shape index (κ3) is 4.11. The van der Waals surface area contributed by atoms with Crippen molar-refractivity contribution in [3.05, 3.63) is 23.8 Å². The number of carbonyl (C=O) groups excluding carboxylic acids is 1. The summed E-state index contributed by atoms with van der Waals surface area (Å²) in [6.07, 6.45) is 3.19. The van der Waals surface area contributed by atoms with Crippen LogP contribution in [-0.4, -0.2) is 79.8 Å². The number of amides is 1. The molecule has 6 nitrogen and oxygen atoms in total.